The minimum absolute atomic E-state index is 0.122. The molecule has 0 atom stereocenters. The maximum Gasteiger partial charge on any atom is 0.416 e. The van der Waals surface area contributed by atoms with E-state index in [1.165, 1.54) is 29.0 Å². The number of aryl methyl sites for hydroxylation is 2. The van der Waals surface area contributed by atoms with E-state index in [0.717, 1.165) is 46.7 Å². The molecule has 1 aromatic heterocycles. The van der Waals surface area contributed by atoms with Gasteiger partial charge in [-0.05, 0) is 72.0 Å². The molecule has 4 rings (SSSR count). The lowest BCUT2D eigenvalue weighted by molar-refractivity contribution is -0.137. The van der Waals surface area contributed by atoms with Crippen molar-refractivity contribution in [1.82, 2.24) is 0 Å². The largest absolute Gasteiger partial charge is 0.497 e. The topological polar surface area (TPSA) is 38.3 Å². The average Bonchev–Trinajstić information content (AvgIpc) is 3.12. The van der Waals surface area contributed by atoms with Crippen molar-refractivity contribution in [3.05, 3.63) is 70.1 Å². The molecule has 28 heavy (non-hydrogen) atoms. The van der Waals surface area contributed by atoms with E-state index < -0.39 is 17.6 Å². The Morgan fingerprint density at radius 2 is 1.86 bits per heavy atom. The number of hydrogen-bond acceptors (Lipinski definition) is 3. The molecule has 0 unspecified atom stereocenters. The normalized spacial score (nSPS) is 12.9. The molecule has 0 spiro atoms. The van der Waals surface area contributed by atoms with Crippen LogP contribution in [0.1, 0.15) is 26.4 Å². The standard InChI is InChI=1S/C21H16F3NO2S/c1-27-16-7-8-17-12(9-16)5-6-13-10-18(28-19(13)17)20(26)25-15-4-2-3-14(11-15)21(22,23)24/h2-4,7-11H,5-6H2,1H3,(H,25,26). The highest BCUT2D eigenvalue weighted by molar-refractivity contribution is 7.17. The molecule has 0 aliphatic heterocycles. The van der Waals surface area contributed by atoms with Gasteiger partial charge in [-0.3, -0.25) is 4.79 Å². The van der Waals surface area contributed by atoms with E-state index in [4.69, 9.17) is 4.74 Å². The molecule has 0 radical (unpaired) electrons. The van der Waals surface area contributed by atoms with E-state index in [1.54, 1.807) is 7.11 Å². The van der Waals surface area contributed by atoms with Gasteiger partial charge < -0.3 is 10.1 Å². The van der Waals surface area contributed by atoms with Crippen molar-refractivity contribution in [3.8, 4) is 16.2 Å². The van der Waals surface area contributed by atoms with E-state index in [0.29, 0.717) is 4.88 Å². The maximum absolute atomic E-state index is 12.9. The summed E-state index contributed by atoms with van der Waals surface area (Å²) in [6.07, 6.45) is -2.79. The number of carbonyl (C=O) groups is 1. The zero-order chi connectivity index (χ0) is 19.9. The van der Waals surface area contributed by atoms with Gasteiger partial charge in [0, 0.05) is 10.6 Å². The minimum atomic E-state index is -4.45. The molecule has 7 heteroatoms. The van der Waals surface area contributed by atoms with Crippen LogP contribution < -0.4 is 10.1 Å². The van der Waals surface area contributed by atoms with Crippen LogP contribution in [0.5, 0.6) is 5.75 Å². The molecule has 2 aromatic carbocycles. The van der Waals surface area contributed by atoms with Crippen LogP contribution in [-0.4, -0.2) is 13.0 Å². The first kappa shape index (κ1) is 18.6. The molecule has 0 saturated heterocycles. The summed E-state index contributed by atoms with van der Waals surface area (Å²) >= 11 is 1.35. The van der Waals surface area contributed by atoms with Gasteiger partial charge >= 0.3 is 6.18 Å². The van der Waals surface area contributed by atoms with Crippen molar-refractivity contribution < 1.29 is 22.7 Å². The number of nitrogens with one attached hydrogen (secondary N) is 1. The molecule has 1 aliphatic rings. The molecule has 3 nitrogen and oxygen atoms in total. The number of carbonyl (C=O) groups excluding carboxylic acids is 1. The fourth-order valence-corrected chi connectivity index (χ4v) is 4.48. The van der Waals surface area contributed by atoms with Gasteiger partial charge in [0.05, 0.1) is 17.6 Å². The SMILES string of the molecule is COc1ccc2c(c1)CCc1cc(C(=O)Nc3cccc(C(F)(F)F)c3)sc1-2. The highest BCUT2D eigenvalue weighted by atomic mass is 32.1. The van der Waals surface area contributed by atoms with Gasteiger partial charge in [0.2, 0.25) is 0 Å². The third kappa shape index (κ3) is 3.49. The molecular formula is C21H16F3NO2S. The lowest BCUT2D eigenvalue weighted by Crippen LogP contribution is -2.11. The Bertz CT molecular complexity index is 1060. The summed E-state index contributed by atoms with van der Waals surface area (Å²) in [5, 5.41) is 2.57. The fourth-order valence-electron chi connectivity index (χ4n) is 3.32. The first-order valence-electron chi connectivity index (χ1n) is 8.64. The van der Waals surface area contributed by atoms with Gasteiger partial charge in [-0.25, -0.2) is 0 Å². The van der Waals surface area contributed by atoms with Crippen molar-refractivity contribution in [2.24, 2.45) is 0 Å². The van der Waals surface area contributed by atoms with E-state index in [1.807, 2.05) is 24.3 Å². The number of fused-ring (bicyclic) bond motifs is 3. The third-order valence-electron chi connectivity index (χ3n) is 4.70. The van der Waals surface area contributed by atoms with Crippen LogP contribution in [0.4, 0.5) is 18.9 Å². The van der Waals surface area contributed by atoms with Crippen LogP contribution in [0.15, 0.2) is 48.5 Å². The van der Waals surface area contributed by atoms with Crippen LogP contribution >= 0.6 is 11.3 Å². The first-order valence-corrected chi connectivity index (χ1v) is 9.45. The van der Waals surface area contributed by atoms with Crippen LogP contribution in [-0.2, 0) is 19.0 Å². The quantitative estimate of drug-likeness (QED) is 0.601. The number of hydrogen-bond donors (Lipinski definition) is 1. The van der Waals surface area contributed by atoms with Crippen molar-refractivity contribution in [2.45, 2.75) is 19.0 Å². The van der Waals surface area contributed by atoms with Crippen molar-refractivity contribution >= 4 is 22.9 Å². The Morgan fingerprint density at radius 1 is 1.07 bits per heavy atom. The second-order valence-corrected chi connectivity index (χ2v) is 7.57. The maximum atomic E-state index is 12.9. The zero-order valence-corrected chi connectivity index (χ0v) is 15.7. The van der Waals surface area contributed by atoms with Crippen LogP contribution in [0, 0.1) is 0 Å². The minimum Gasteiger partial charge on any atom is -0.497 e. The second kappa shape index (κ2) is 6.98. The number of halogens is 3. The molecule has 0 fully saturated rings. The smallest absolute Gasteiger partial charge is 0.416 e. The second-order valence-electron chi connectivity index (χ2n) is 6.52. The average molecular weight is 403 g/mol. The van der Waals surface area contributed by atoms with Gasteiger partial charge in [0.25, 0.3) is 5.91 Å². The highest BCUT2D eigenvalue weighted by Crippen LogP contribution is 2.41. The molecule has 3 aromatic rings. The van der Waals surface area contributed by atoms with E-state index in [9.17, 15) is 18.0 Å². The van der Waals surface area contributed by atoms with Gasteiger partial charge in [-0.1, -0.05) is 6.07 Å². The van der Waals surface area contributed by atoms with Crippen LogP contribution in [0.3, 0.4) is 0 Å². The summed E-state index contributed by atoms with van der Waals surface area (Å²) in [5.74, 6) is 0.384. The number of rotatable bonds is 3. The molecule has 0 bridgehead atoms. The fraction of sp³-hybridized carbons (Fsp3) is 0.190. The third-order valence-corrected chi connectivity index (χ3v) is 5.91. The molecule has 1 amide bonds. The number of thiophene rings is 1. The van der Waals surface area contributed by atoms with E-state index >= 15 is 0 Å². The van der Waals surface area contributed by atoms with Crippen LogP contribution in [0.25, 0.3) is 10.4 Å². The Hall–Kier alpha value is -2.80. The highest BCUT2D eigenvalue weighted by Gasteiger charge is 2.30. The Morgan fingerprint density at radius 3 is 2.61 bits per heavy atom. The molecular weight excluding hydrogens is 387 g/mol. The summed E-state index contributed by atoms with van der Waals surface area (Å²) in [6.45, 7) is 0. The molecule has 1 heterocycles. The van der Waals surface area contributed by atoms with Crippen molar-refractivity contribution in [3.63, 3.8) is 0 Å². The Balaban J connectivity index is 1.60. The summed E-state index contributed by atoms with van der Waals surface area (Å²) in [7, 11) is 1.62. The van der Waals surface area contributed by atoms with Crippen molar-refractivity contribution in [1.29, 1.82) is 0 Å². The summed E-state index contributed by atoms with van der Waals surface area (Å²) in [6, 6.07) is 12.3. The van der Waals surface area contributed by atoms with E-state index in [2.05, 4.69) is 5.32 Å². The summed E-state index contributed by atoms with van der Waals surface area (Å²) in [4.78, 5) is 14.1. The zero-order valence-electron chi connectivity index (χ0n) is 14.9. The number of amides is 1. The molecule has 144 valence electrons. The Kier molecular flexibility index (Phi) is 4.63. The molecule has 0 saturated carbocycles. The molecule has 1 aliphatic carbocycles. The lowest BCUT2D eigenvalue weighted by atomic mass is 9.91. The number of alkyl halides is 3. The van der Waals surface area contributed by atoms with E-state index in [-0.39, 0.29) is 5.69 Å². The Labute approximate surface area is 163 Å². The predicted molar refractivity (Wildman–Crippen MR) is 103 cm³/mol. The first-order chi connectivity index (χ1) is 13.3. The predicted octanol–water partition coefficient (Wildman–Crippen LogP) is 5.79. The van der Waals surface area contributed by atoms with Gasteiger partial charge in [0.15, 0.2) is 0 Å². The number of benzene rings is 2. The molecule has 1 N–H and O–H groups in total. The van der Waals surface area contributed by atoms with Crippen molar-refractivity contribution in [2.75, 3.05) is 12.4 Å². The number of anilines is 1. The lowest BCUT2D eigenvalue weighted by Gasteiger charge is -2.16. The van der Waals surface area contributed by atoms with Gasteiger partial charge in [0.1, 0.15) is 5.75 Å². The van der Waals surface area contributed by atoms with Crippen LogP contribution in [0.2, 0.25) is 0 Å². The summed E-state index contributed by atoms with van der Waals surface area (Å²) in [5.41, 5.74) is 2.65. The van der Waals surface area contributed by atoms with Gasteiger partial charge in [-0.15, -0.1) is 11.3 Å². The number of ether oxygens (including phenoxy) is 1. The summed E-state index contributed by atoms with van der Waals surface area (Å²) < 4.78 is 43.8. The monoisotopic (exact) mass is 403 g/mol. The number of methoxy groups -OCH3 is 1. The van der Waals surface area contributed by atoms with Gasteiger partial charge in [-0.2, -0.15) is 13.2 Å².